The molecule has 0 aliphatic heterocycles. The molecule has 0 aliphatic carbocycles. The van der Waals surface area contributed by atoms with Crippen LogP contribution < -0.4 is 10.6 Å². The summed E-state index contributed by atoms with van der Waals surface area (Å²) in [4.78, 5) is 21.3. The highest BCUT2D eigenvalue weighted by atomic mass is 16.2. The van der Waals surface area contributed by atoms with E-state index in [1.54, 1.807) is 26.0 Å². The van der Waals surface area contributed by atoms with E-state index in [1.165, 1.54) is 13.8 Å². The maximum atomic E-state index is 10.6. The van der Waals surface area contributed by atoms with E-state index in [2.05, 4.69) is 10.6 Å². The summed E-state index contributed by atoms with van der Waals surface area (Å²) in [5.41, 5.74) is 1.48. The fourth-order valence-corrected chi connectivity index (χ4v) is 0.889. The Balaban J connectivity index is 4.23. The first-order valence-corrected chi connectivity index (χ1v) is 4.32. The van der Waals surface area contributed by atoms with Crippen LogP contribution >= 0.6 is 0 Å². The molecule has 0 aliphatic rings. The second kappa shape index (κ2) is 5.96. The molecule has 0 spiro atoms. The van der Waals surface area contributed by atoms with Crippen LogP contribution in [0.4, 0.5) is 0 Å². The summed E-state index contributed by atoms with van der Waals surface area (Å²) in [5.74, 6) is -0.214. The maximum Gasteiger partial charge on any atom is 0.220 e. The Kier molecular flexibility index (Phi) is 5.29. The molecule has 0 aromatic rings. The minimum atomic E-state index is -0.107. The van der Waals surface area contributed by atoms with Crippen molar-refractivity contribution in [1.29, 1.82) is 0 Å². The van der Waals surface area contributed by atoms with Gasteiger partial charge in [0.05, 0.1) is 0 Å². The number of rotatable bonds is 3. The van der Waals surface area contributed by atoms with Crippen LogP contribution in [-0.2, 0) is 9.59 Å². The first kappa shape index (κ1) is 12.4. The summed E-state index contributed by atoms with van der Waals surface area (Å²) in [6.45, 7) is 6.45. The van der Waals surface area contributed by atoms with Gasteiger partial charge in [-0.2, -0.15) is 0 Å². The molecule has 2 N–H and O–H groups in total. The van der Waals surface area contributed by atoms with E-state index < -0.39 is 0 Å². The van der Waals surface area contributed by atoms with Gasteiger partial charge in [-0.3, -0.25) is 9.59 Å². The Morgan fingerprint density at radius 1 is 0.786 bits per heavy atom. The summed E-state index contributed by atoms with van der Waals surface area (Å²) in [6.07, 6.45) is 3.46. The van der Waals surface area contributed by atoms with Gasteiger partial charge in [-0.15, -0.1) is 0 Å². The molecular formula is C10H16N2O2. The Morgan fingerprint density at radius 3 is 1.29 bits per heavy atom. The second-order valence-corrected chi connectivity index (χ2v) is 3.06. The summed E-state index contributed by atoms with van der Waals surface area (Å²) >= 11 is 0. The third-order valence-corrected chi connectivity index (χ3v) is 1.33. The molecule has 0 unspecified atom stereocenters. The Labute approximate surface area is 84.1 Å². The van der Waals surface area contributed by atoms with Crippen LogP contribution in [0, 0.1) is 0 Å². The van der Waals surface area contributed by atoms with Gasteiger partial charge in [0, 0.05) is 25.2 Å². The summed E-state index contributed by atoms with van der Waals surface area (Å²) in [5, 5.41) is 5.23. The van der Waals surface area contributed by atoms with Gasteiger partial charge < -0.3 is 10.6 Å². The van der Waals surface area contributed by atoms with Crippen LogP contribution in [-0.4, -0.2) is 11.8 Å². The van der Waals surface area contributed by atoms with Gasteiger partial charge in [-0.25, -0.2) is 0 Å². The molecule has 0 aromatic carbocycles. The van der Waals surface area contributed by atoms with E-state index in [1.807, 2.05) is 0 Å². The lowest BCUT2D eigenvalue weighted by molar-refractivity contribution is -0.119. The summed E-state index contributed by atoms with van der Waals surface area (Å²) in [7, 11) is 0. The molecule has 4 nitrogen and oxygen atoms in total. The van der Waals surface area contributed by atoms with Crippen LogP contribution in [0.25, 0.3) is 0 Å². The SMILES string of the molecule is CC(=O)NC(C)=CC=C(C)NC(C)=O. The van der Waals surface area contributed by atoms with Gasteiger partial charge in [0.2, 0.25) is 11.8 Å². The van der Waals surface area contributed by atoms with Crippen LogP contribution in [0.5, 0.6) is 0 Å². The van der Waals surface area contributed by atoms with Gasteiger partial charge in [-0.05, 0) is 26.0 Å². The van der Waals surface area contributed by atoms with Gasteiger partial charge >= 0.3 is 0 Å². The second-order valence-electron chi connectivity index (χ2n) is 3.06. The van der Waals surface area contributed by atoms with E-state index in [-0.39, 0.29) is 11.8 Å². The highest BCUT2D eigenvalue weighted by molar-refractivity contribution is 5.75. The Bertz CT molecular complexity index is 260. The number of nitrogens with one attached hydrogen (secondary N) is 2. The van der Waals surface area contributed by atoms with Gasteiger partial charge in [0.1, 0.15) is 0 Å². The minimum Gasteiger partial charge on any atom is -0.330 e. The monoisotopic (exact) mass is 196 g/mol. The van der Waals surface area contributed by atoms with Crippen molar-refractivity contribution < 1.29 is 9.59 Å². The van der Waals surface area contributed by atoms with Crippen molar-refractivity contribution in [2.45, 2.75) is 27.7 Å². The lowest BCUT2D eigenvalue weighted by Gasteiger charge is -2.01. The van der Waals surface area contributed by atoms with E-state index in [0.717, 1.165) is 11.4 Å². The highest BCUT2D eigenvalue weighted by Gasteiger charge is 1.92. The molecule has 0 fully saturated rings. The molecule has 78 valence electrons. The number of amides is 2. The van der Waals surface area contributed by atoms with Crippen LogP contribution in [0.3, 0.4) is 0 Å². The van der Waals surface area contributed by atoms with Crippen LogP contribution in [0.1, 0.15) is 27.7 Å². The lowest BCUT2D eigenvalue weighted by Crippen LogP contribution is -2.18. The smallest absolute Gasteiger partial charge is 0.220 e. The molecule has 4 heteroatoms. The molecule has 0 saturated carbocycles. The van der Waals surface area contributed by atoms with Crippen LogP contribution in [0.2, 0.25) is 0 Å². The first-order chi connectivity index (χ1) is 6.41. The Morgan fingerprint density at radius 2 is 1.07 bits per heavy atom. The lowest BCUT2D eigenvalue weighted by atomic mass is 10.3. The molecule has 0 atom stereocenters. The standard InChI is InChI=1S/C10H16N2O2/c1-7(11-9(3)13)5-6-8(2)12-10(4)14/h5-6H,1-4H3,(H,11,13)(H,12,14). The van der Waals surface area contributed by atoms with Crippen molar-refractivity contribution in [2.75, 3.05) is 0 Å². The summed E-state index contributed by atoms with van der Waals surface area (Å²) in [6, 6.07) is 0. The average Bonchev–Trinajstić information content (AvgIpc) is 1.98. The fourth-order valence-electron chi connectivity index (χ4n) is 0.889. The van der Waals surface area contributed by atoms with E-state index >= 15 is 0 Å². The average molecular weight is 196 g/mol. The molecule has 0 rings (SSSR count). The quantitative estimate of drug-likeness (QED) is 0.663. The van der Waals surface area contributed by atoms with Crippen molar-refractivity contribution in [3.8, 4) is 0 Å². The molecular weight excluding hydrogens is 180 g/mol. The molecule has 2 amide bonds. The van der Waals surface area contributed by atoms with Crippen molar-refractivity contribution in [2.24, 2.45) is 0 Å². The van der Waals surface area contributed by atoms with Gasteiger partial charge in [-0.1, -0.05) is 0 Å². The number of carbonyl (C=O) groups excluding carboxylic acids is 2. The zero-order valence-corrected chi connectivity index (χ0v) is 8.97. The molecule has 0 heterocycles. The van der Waals surface area contributed by atoms with Gasteiger partial charge in [0.15, 0.2) is 0 Å². The fraction of sp³-hybridized carbons (Fsp3) is 0.400. The molecule has 0 aromatic heterocycles. The minimum absolute atomic E-state index is 0.107. The van der Waals surface area contributed by atoms with E-state index in [9.17, 15) is 9.59 Å². The van der Waals surface area contributed by atoms with Crippen molar-refractivity contribution >= 4 is 11.8 Å². The van der Waals surface area contributed by atoms with Crippen molar-refractivity contribution in [3.63, 3.8) is 0 Å². The molecule has 0 saturated heterocycles. The molecule has 0 bridgehead atoms. The van der Waals surface area contributed by atoms with Crippen molar-refractivity contribution in [3.05, 3.63) is 23.5 Å². The topological polar surface area (TPSA) is 58.2 Å². The zero-order valence-electron chi connectivity index (χ0n) is 8.97. The largest absolute Gasteiger partial charge is 0.330 e. The first-order valence-electron chi connectivity index (χ1n) is 4.32. The number of hydrogen-bond acceptors (Lipinski definition) is 2. The Hall–Kier alpha value is -1.58. The predicted octanol–water partition coefficient (Wildman–Crippen LogP) is 1.07. The summed E-state index contributed by atoms with van der Waals surface area (Å²) < 4.78 is 0. The number of carbonyl (C=O) groups is 2. The maximum absolute atomic E-state index is 10.6. The highest BCUT2D eigenvalue weighted by Crippen LogP contribution is 1.92. The number of hydrogen-bond donors (Lipinski definition) is 2. The van der Waals surface area contributed by atoms with E-state index in [0.29, 0.717) is 0 Å². The van der Waals surface area contributed by atoms with Crippen LogP contribution in [0.15, 0.2) is 23.5 Å². The van der Waals surface area contributed by atoms with E-state index in [4.69, 9.17) is 0 Å². The third-order valence-electron chi connectivity index (χ3n) is 1.33. The number of allylic oxidation sites excluding steroid dienone is 4. The van der Waals surface area contributed by atoms with Crippen molar-refractivity contribution in [1.82, 2.24) is 10.6 Å². The molecule has 0 radical (unpaired) electrons. The zero-order chi connectivity index (χ0) is 11.1. The third kappa shape index (κ3) is 7.09. The normalized spacial score (nSPS) is 12.3. The molecule has 14 heavy (non-hydrogen) atoms. The predicted molar refractivity (Wildman–Crippen MR) is 55.1 cm³/mol. The van der Waals surface area contributed by atoms with Gasteiger partial charge in [0.25, 0.3) is 0 Å².